The third-order valence-electron chi connectivity index (χ3n) is 6.03. The van der Waals surface area contributed by atoms with Crippen LogP contribution in [0.1, 0.15) is 34.0 Å². The van der Waals surface area contributed by atoms with Gasteiger partial charge in [0.25, 0.3) is 5.56 Å². The fourth-order valence-corrected chi connectivity index (χ4v) is 4.70. The number of nitrogens with one attached hydrogen (secondary N) is 3. The number of hydrogen-bond acceptors (Lipinski definition) is 5. The van der Waals surface area contributed by atoms with Crippen LogP contribution in [0.5, 0.6) is 11.6 Å². The second kappa shape index (κ2) is 7.42. The minimum absolute atomic E-state index is 0.100. The topological polar surface area (TPSA) is 112 Å². The highest BCUT2D eigenvalue weighted by Crippen LogP contribution is 2.36. The van der Waals surface area contributed by atoms with Gasteiger partial charge in [-0.15, -0.1) is 0 Å². The lowest BCUT2D eigenvalue weighted by Crippen LogP contribution is -2.38. The quantitative estimate of drug-likeness (QED) is 0.398. The van der Waals surface area contributed by atoms with Crippen molar-refractivity contribution < 1.29 is 9.84 Å². The van der Waals surface area contributed by atoms with Crippen LogP contribution >= 0.6 is 0 Å². The Morgan fingerprint density at radius 1 is 1.06 bits per heavy atom. The van der Waals surface area contributed by atoms with Gasteiger partial charge in [0.15, 0.2) is 0 Å². The van der Waals surface area contributed by atoms with E-state index in [1.807, 2.05) is 38.1 Å². The Morgan fingerprint density at radius 2 is 1.81 bits per heavy atom. The molecule has 3 heterocycles. The van der Waals surface area contributed by atoms with Crippen molar-refractivity contribution in [3.63, 3.8) is 0 Å². The summed E-state index contributed by atoms with van der Waals surface area (Å²) >= 11 is 0. The van der Waals surface area contributed by atoms with Gasteiger partial charge in [0.2, 0.25) is 5.88 Å². The van der Waals surface area contributed by atoms with Crippen molar-refractivity contribution in [1.29, 1.82) is 0 Å². The number of ether oxygens (including phenoxy) is 1. The molecule has 2 aromatic heterocycles. The molecule has 1 atom stereocenters. The molecule has 2 aromatic carbocycles. The summed E-state index contributed by atoms with van der Waals surface area (Å²) < 4.78 is 6.52. The zero-order valence-corrected chi connectivity index (χ0v) is 18.1. The van der Waals surface area contributed by atoms with Crippen molar-refractivity contribution in [1.82, 2.24) is 19.9 Å². The number of fused-ring (bicyclic) bond motifs is 3. The lowest BCUT2D eigenvalue weighted by molar-refractivity contribution is 0.409. The van der Waals surface area contributed by atoms with Crippen LogP contribution in [0, 0.1) is 13.8 Å². The second-order valence-corrected chi connectivity index (χ2v) is 8.24. The minimum atomic E-state index is -0.682. The molecule has 1 aliphatic heterocycles. The average Bonchev–Trinajstić information content (AvgIpc) is 3.11. The van der Waals surface area contributed by atoms with E-state index >= 15 is 0 Å². The van der Waals surface area contributed by atoms with Crippen LogP contribution in [0.2, 0.25) is 0 Å². The van der Waals surface area contributed by atoms with Crippen molar-refractivity contribution in [3.05, 3.63) is 85.2 Å². The van der Waals surface area contributed by atoms with E-state index < -0.39 is 17.3 Å². The molecule has 164 valence electrons. The maximum atomic E-state index is 12.9. The van der Waals surface area contributed by atoms with Crippen LogP contribution in [0.3, 0.4) is 0 Å². The summed E-state index contributed by atoms with van der Waals surface area (Å²) in [6, 6.07) is 10.7. The molecule has 0 unspecified atom stereocenters. The molecule has 5 rings (SSSR count). The highest BCUT2D eigenvalue weighted by Gasteiger charge is 2.31. The third kappa shape index (κ3) is 3.11. The minimum Gasteiger partial charge on any atom is -0.497 e. The summed E-state index contributed by atoms with van der Waals surface area (Å²) in [5.41, 5.74) is 3.97. The largest absolute Gasteiger partial charge is 0.497 e. The molecule has 0 amide bonds. The number of benzene rings is 2. The summed E-state index contributed by atoms with van der Waals surface area (Å²) in [6.45, 7) is 4.45. The Labute approximate surface area is 183 Å². The summed E-state index contributed by atoms with van der Waals surface area (Å²) in [5, 5.41) is 15.5. The van der Waals surface area contributed by atoms with Crippen LogP contribution < -0.4 is 21.3 Å². The monoisotopic (exact) mass is 432 g/mol. The molecule has 8 nitrogen and oxygen atoms in total. The third-order valence-corrected chi connectivity index (χ3v) is 6.03. The van der Waals surface area contributed by atoms with Gasteiger partial charge in [0, 0.05) is 23.1 Å². The second-order valence-electron chi connectivity index (χ2n) is 8.24. The summed E-state index contributed by atoms with van der Waals surface area (Å²) in [4.78, 5) is 31.4. The first-order valence-corrected chi connectivity index (χ1v) is 10.5. The van der Waals surface area contributed by atoms with Crippen molar-refractivity contribution in [2.45, 2.75) is 26.3 Å². The molecule has 0 saturated heterocycles. The molecule has 32 heavy (non-hydrogen) atoms. The molecule has 0 spiro atoms. The van der Waals surface area contributed by atoms with Gasteiger partial charge < -0.3 is 20.1 Å². The van der Waals surface area contributed by atoms with Gasteiger partial charge in [-0.3, -0.25) is 9.78 Å². The summed E-state index contributed by atoms with van der Waals surface area (Å²) in [7, 11) is 1.62. The van der Waals surface area contributed by atoms with Gasteiger partial charge in [-0.1, -0.05) is 6.07 Å². The maximum absolute atomic E-state index is 12.9. The Kier molecular flexibility index (Phi) is 4.67. The summed E-state index contributed by atoms with van der Waals surface area (Å²) in [5.74, 6) is 0.379. The van der Waals surface area contributed by atoms with E-state index in [1.165, 1.54) is 0 Å². The fourth-order valence-electron chi connectivity index (χ4n) is 4.70. The van der Waals surface area contributed by atoms with Gasteiger partial charge in [-0.25, -0.2) is 9.36 Å². The Morgan fingerprint density at radius 3 is 2.53 bits per heavy atom. The van der Waals surface area contributed by atoms with Crippen molar-refractivity contribution in [2.24, 2.45) is 0 Å². The average molecular weight is 432 g/mol. The number of aryl methyl sites for hydroxylation is 2. The normalized spacial score (nSPS) is 15.7. The Hall–Kier alpha value is -3.78. The van der Waals surface area contributed by atoms with Crippen molar-refractivity contribution >= 4 is 10.9 Å². The molecule has 0 saturated carbocycles. The summed E-state index contributed by atoms with van der Waals surface area (Å²) in [6.07, 6.45) is 0.758. The Balaban J connectivity index is 1.73. The van der Waals surface area contributed by atoms with Gasteiger partial charge in [0.05, 0.1) is 18.8 Å². The number of H-pyrrole nitrogens is 2. The van der Waals surface area contributed by atoms with E-state index in [1.54, 1.807) is 19.2 Å². The first-order valence-electron chi connectivity index (χ1n) is 10.5. The molecule has 0 fully saturated rings. The number of aromatic hydroxyl groups is 1. The Bertz CT molecular complexity index is 1460. The maximum Gasteiger partial charge on any atom is 0.335 e. The van der Waals surface area contributed by atoms with Gasteiger partial charge in [-0.2, -0.15) is 0 Å². The number of methoxy groups -OCH3 is 1. The molecule has 1 aliphatic rings. The van der Waals surface area contributed by atoms with Gasteiger partial charge >= 0.3 is 5.69 Å². The molecule has 8 heteroatoms. The van der Waals surface area contributed by atoms with Gasteiger partial charge in [0.1, 0.15) is 11.3 Å². The first kappa shape index (κ1) is 20.1. The van der Waals surface area contributed by atoms with Crippen LogP contribution in [-0.4, -0.2) is 33.3 Å². The number of aromatic nitrogens is 3. The van der Waals surface area contributed by atoms with Crippen molar-refractivity contribution in [2.75, 3.05) is 13.7 Å². The van der Waals surface area contributed by atoms with E-state index in [4.69, 9.17) is 4.74 Å². The lowest BCUT2D eigenvalue weighted by atomic mass is 9.95. The zero-order chi connectivity index (χ0) is 22.6. The standard InChI is InChI=1S/C24H24N4O4/c1-12-8-13(2)10-14(9-12)28-23(30)19(22(29)27-24(28)31)21-20-16(6-7-25-21)17-11-15(32-3)4-5-18(17)26-20/h4-5,8-11,21,25-26,30H,6-7H2,1-3H3,(H,27,29,31)/t21-/m0/s1. The SMILES string of the molecule is COc1ccc2[nH]c3c(c2c1)CCN[C@H]3c1c(O)n(-c2cc(C)cc(C)c2)c(=O)[nH]c1=O. The van der Waals surface area contributed by atoms with E-state index in [2.05, 4.69) is 15.3 Å². The van der Waals surface area contributed by atoms with Crippen LogP contribution in [-0.2, 0) is 6.42 Å². The van der Waals surface area contributed by atoms with Crippen molar-refractivity contribution in [3.8, 4) is 17.3 Å². The molecule has 4 aromatic rings. The molecular formula is C24H24N4O4. The van der Waals surface area contributed by atoms with Crippen LogP contribution in [0.15, 0.2) is 46.0 Å². The highest BCUT2D eigenvalue weighted by molar-refractivity contribution is 5.86. The van der Waals surface area contributed by atoms with E-state index in [-0.39, 0.29) is 11.4 Å². The van der Waals surface area contributed by atoms with E-state index in [0.717, 1.165) is 50.0 Å². The molecule has 4 N–H and O–H groups in total. The van der Waals surface area contributed by atoms with Crippen LogP contribution in [0.4, 0.5) is 0 Å². The lowest BCUT2D eigenvalue weighted by Gasteiger charge is -2.25. The van der Waals surface area contributed by atoms with Gasteiger partial charge in [-0.05, 0) is 67.3 Å². The molecular weight excluding hydrogens is 408 g/mol. The molecule has 0 bridgehead atoms. The predicted octanol–water partition coefficient (Wildman–Crippen LogP) is 2.57. The number of rotatable bonds is 3. The highest BCUT2D eigenvalue weighted by atomic mass is 16.5. The number of hydrogen-bond donors (Lipinski definition) is 4. The predicted molar refractivity (Wildman–Crippen MR) is 122 cm³/mol. The number of nitrogens with zero attached hydrogens (tertiary/aromatic N) is 1. The van der Waals surface area contributed by atoms with E-state index in [0.29, 0.717) is 12.2 Å². The van der Waals surface area contributed by atoms with E-state index in [9.17, 15) is 14.7 Å². The first-order chi connectivity index (χ1) is 15.4. The molecule has 0 aliphatic carbocycles. The zero-order valence-electron chi connectivity index (χ0n) is 18.1. The molecule has 0 radical (unpaired) electrons. The number of aromatic amines is 2. The fraction of sp³-hybridized carbons (Fsp3) is 0.250. The van der Waals surface area contributed by atoms with Crippen LogP contribution in [0.25, 0.3) is 16.6 Å². The smallest absolute Gasteiger partial charge is 0.335 e.